The zero-order valence-corrected chi connectivity index (χ0v) is 10.9. The highest BCUT2D eigenvalue weighted by Crippen LogP contribution is 2.19. The van der Waals surface area contributed by atoms with Gasteiger partial charge in [0.15, 0.2) is 5.11 Å². The first-order valence-electron chi connectivity index (χ1n) is 5.96. The van der Waals surface area contributed by atoms with Crippen molar-refractivity contribution in [2.75, 3.05) is 13.1 Å². The first-order valence-corrected chi connectivity index (χ1v) is 6.37. The Labute approximate surface area is 111 Å². The van der Waals surface area contributed by atoms with E-state index in [2.05, 4.69) is 39.3 Å². The Balaban J connectivity index is 1.95. The third kappa shape index (κ3) is 1.86. The van der Waals surface area contributed by atoms with E-state index in [0.29, 0.717) is 0 Å². The number of rotatable bonds is 2. The number of pyridine rings is 1. The monoisotopic (exact) mass is 258 g/mol. The van der Waals surface area contributed by atoms with Crippen LogP contribution in [0.4, 0.5) is 0 Å². The van der Waals surface area contributed by atoms with Crippen LogP contribution in [0, 0.1) is 0 Å². The van der Waals surface area contributed by atoms with E-state index < -0.39 is 0 Å². The number of H-pyrrole nitrogens is 1. The number of thiocarbonyl (C=S) groups is 1. The maximum atomic E-state index is 5.26. The molecule has 0 amide bonds. The van der Waals surface area contributed by atoms with E-state index in [1.807, 2.05) is 12.3 Å². The molecule has 92 valence electrons. The van der Waals surface area contributed by atoms with Gasteiger partial charge in [0, 0.05) is 35.6 Å². The van der Waals surface area contributed by atoms with Crippen LogP contribution in [0.5, 0.6) is 0 Å². The van der Waals surface area contributed by atoms with Crippen LogP contribution >= 0.6 is 12.2 Å². The molecule has 0 spiro atoms. The summed E-state index contributed by atoms with van der Waals surface area (Å²) in [4.78, 5) is 9.58. The summed E-state index contributed by atoms with van der Waals surface area (Å²) in [6.07, 6.45) is 5.89. The summed E-state index contributed by atoms with van der Waals surface area (Å²) in [6, 6.07) is 4.01. The van der Waals surface area contributed by atoms with E-state index in [9.17, 15) is 0 Å². The highest BCUT2D eigenvalue weighted by Gasteiger charge is 2.18. The molecule has 0 saturated carbocycles. The van der Waals surface area contributed by atoms with Crippen LogP contribution in [0.2, 0.25) is 0 Å². The first kappa shape index (κ1) is 11.2. The van der Waals surface area contributed by atoms with E-state index in [1.54, 1.807) is 6.20 Å². The second kappa shape index (κ2) is 4.42. The maximum absolute atomic E-state index is 5.26. The molecule has 0 aliphatic carbocycles. The van der Waals surface area contributed by atoms with Gasteiger partial charge in [-0.25, -0.2) is 4.98 Å². The lowest BCUT2D eigenvalue weighted by molar-refractivity contribution is 0.510. The Bertz CT molecular complexity index is 629. The number of nitrogens with one attached hydrogen (secondary N) is 2. The number of fused-ring (bicyclic) bond motifs is 1. The van der Waals surface area contributed by atoms with Crippen molar-refractivity contribution >= 4 is 34.4 Å². The minimum Gasteiger partial charge on any atom is -0.346 e. The number of likely N-dealkylation sites (N-methyl/N-ethyl adjacent to an activating group) is 1. The lowest BCUT2D eigenvalue weighted by Gasteiger charge is -2.11. The molecule has 0 atom stereocenters. The summed E-state index contributed by atoms with van der Waals surface area (Å²) in [7, 11) is 0. The second-order valence-corrected chi connectivity index (χ2v) is 4.64. The maximum Gasteiger partial charge on any atom is 0.173 e. The zero-order chi connectivity index (χ0) is 12.5. The Morgan fingerprint density at radius 1 is 1.56 bits per heavy atom. The van der Waals surface area contributed by atoms with Gasteiger partial charge in [-0.1, -0.05) is 0 Å². The quantitative estimate of drug-likeness (QED) is 0.810. The fraction of sp³-hybridized carbons (Fsp3) is 0.231. The van der Waals surface area contributed by atoms with E-state index >= 15 is 0 Å². The molecule has 1 aliphatic rings. The molecule has 1 fully saturated rings. The van der Waals surface area contributed by atoms with E-state index in [4.69, 9.17) is 12.2 Å². The van der Waals surface area contributed by atoms with Gasteiger partial charge in [0.05, 0.1) is 6.54 Å². The van der Waals surface area contributed by atoms with Crippen molar-refractivity contribution in [3.05, 3.63) is 35.8 Å². The Hall–Kier alpha value is -1.88. The van der Waals surface area contributed by atoms with Crippen molar-refractivity contribution in [3.63, 3.8) is 0 Å². The molecule has 4 nitrogen and oxygen atoms in total. The predicted octanol–water partition coefficient (Wildman–Crippen LogP) is 2.11. The van der Waals surface area contributed by atoms with Crippen LogP contribution in [-0.4, -0.2) is 33.1 Å². The molecule has 2 N–H and O–H groups in total. The van der Waals surface area contributed by atoms with Crippen molar-refractivity contribution in [2.24, 2.45) is 0 Å². The van der Waals surface area contributed by atoms with Crippen molar-refractivity contribution in [1.82, 2.24) is 20.2 Å². The van der Waals surface area contributed by atoms with Gasteiger partial charge >= 0.3 is 0 Å². The van der Waals surface area contributed by atoms with Crippen molar-refractivity contribution in [1.29, 1.82) is 0 Å². The molecule has 0 bridgehead atoms. The van der Waals surface area contributed by atoms with E-state index in [0.717, 1.165) is 40.5 Å². The van der Waals surface area contributed by atoms with Gasteiger partial charge in [0.2, 0.25) is 0 Å². The fourth-order valence-electron chi connectivity index (χ4n) is 2.15. The highest BCUT2D eigenvalue weighted by molar-refractivity contribution is 7.80. The third-order valence-electron chi connectivity index (χ3n) is 3.11. The molecule has 3 rings (SSSR count). The summed E-state index contributed by atoms with van der Waals surface area (Å²) in [5.74, 6) is 0. The van der Waals surface area contributed by atoms with Crippen LogP contribution in [0.15, 0.2) is 30.2 Å². The normalized spacial score (nSPS) is 17.7. The van der Waals surface area contributed by atoms with E-state index in [-0.39, 0.29) is 0 Å². The summed E-state index contributed by atoms with van der Waals surface area (Å²) in [5.41, 5.74) is 3.19. The molecule has 0 unspecified atom stereocenters. The van der Waals surface area contributed by atoms with Crippen molar-refractivity contribution < 1.29 is 0 Å². The summed E-state index contributed by atoms with van der Waals surface area (Å²) in [6.45, 7) is 3.88. The zero-order valence-electron chi connectivity index (χ0n) is 10.1. The van der Waals surface area contributed by atoms with Gasteiger partial charge in [-0.05, 0) is 37.4 Å². The lowest BCUT2D eigenvalue weighted by Crippen LogP contribution is -2.27. The van der Waals surface area contributed by atoms with Gasteiger partial charge in [0.25, 0.3) is 0 Å². The SMILES string of the molecule is CCN1C/C(=C/c2c[nH]c3ncccc23)NC1=S. The van der Waals surface area contributed by atoms with Gasteiger partial charge in [0.1, 0.15) is 5.65 Å². The predicted molar refractivity (Wildman–Crippen MR) is 77.1 cm³/mol. The molecule has 18 heavy (non-hydrogen) atoms. The molecule has 1 saturated heterocycles. The lowest BCUT2D eigenvalue weighted by atomic mass is 10.2. The summed E-state index contributed by atoms with van der Waals surface area (Å²) < 4.78 is 0. The van der Waals surface area contributed by atoms with Crippen LogP contribution in [-0.2, 0) is 0 Å². The van der Waals surface area contributed by atoms with Crippen LogP contribution < -0.4 is 5.32 Å². The topological polar surface area (TPSA) is 44.0 Å². The van der Waals surface area contributed by atoms with Gasteiger partial charge < -0.3 is 15.2 Å². The largest absolute Gasteiger partial charge is 0.346 e. The van der Waals surface area contributed by atoms with Crippen molar-refractivity contribution in [2.45, 2.75) is 6.92 Å². The number of aromatic nitrogens is 2. The molecular weight excluding hydrogens is 244 g/mol. The Morgan fingerprint density at radius 3 is 3.22 bits per heavy atom. The molecular formula is C13H14N4S. The average molecular weight is 258 g/mol. The highest BCUT2D eigenvalue weighted by atomic mass is 32.1. The third-order valence-corrected chi connectivity index (χ3v) is 3.47. The van der Waals surface area contributed by atoms with Gasteiger partial charge in [-0.3, -0.25) is 0 Å². The number of nitrogens with zero attached hydrogens (tertiary/aromatic N) is 2. The van der Waals surface area contributed by atoms with Crippen molar-refractivity contribution in [3.8, 4) is 0 Å². The standard InChI is InChI=1S/C13H14N4S/c1-2-17-8-10(16-13(17)18)6-9-7-15-12-11(9)4-3-5-14-12/h3-7H,2,8H2,1H3,(H,14,15)(H,16,18)/b10-6-. The minimum atomic E-state index is 0.807. The fourth-order valence-corrected chi connectivity index (χ4v) is 2.48. The molecule has 5 heteroatoms. The molecule has 1 aliphatic heterocycles. The van der Waals surface area contributed by atoms with Crippen LogP contribution in [0.1, 0.15) is 12.5 Å². The van der Waals surface area contributed by atoms with E-state index in [1.165, 1.54) is 0 Å². The number of hydrogen-bond acceptors (Lipinski definition) is 2. The smallest absolute Gasteiger partial charge is 0.173 e. The molecule has 2 aromatic rings. The number of hydrogen-bond donors (Lipinski definition) is 2. The minimum absolute atomic E-state index is 0.807. The average Bonchev–Trinajstić information content (AvgIpc) is 2.94. The molecule has 0 radical (unpaired) electrons. The Morgan fingerprint density at radius 2 is 2.44 bits per heavy atom. The molecule has 0 aromatic carbocycles. The summed E-state index contributed by atoms with van der Waals surface area (Å²) in [5, 5.41) is 5.18. The molecule has 3 heterocycles. The first-order chi connectivity index (χ1) is 8.78. The molecule has 2 aromatic heterocycles. The second-order valence-electron chi connectivity index (χ2n) is 4.26. The van der Waals surface area contributed by atoms with Crippen LogP contribution in [0.3, 0.4) is 0 Å². The van der Waals surface area contributed by atoms with Gasteiger partial charge in [-0.2, -0.15) is 0 Å². The van der Waals surface area contributed by atoms with Crippen LogP contribution in [0.25, 0.3) is 17.1 Å². The Kier molecular flexibility index (Phi) is 2.76. The number of aromatic amines is 1. The van der Waals surface area contributed by atoms with Gasteiger partial charge in [-0.15, -0.1) is 0 Å². The summed E-state index contributed by atoms with van der Waals surface area (Å²) >= 11 is 5.26.